The van der Waals surface area contributed by atoms with Crippen LogP contribution < -0.4 is 5.32 Å². The van der Waals surface area contributed by atoms with Crippen LogP contribution in [-0.4, -0.2) is 59.1 Å². The zero-order valence-corrected chi connectivity index (χ0v) is 17.4. The van der Waals surface area contributed by atoms with Crippen molar-refractivity contribution in [1.82, 2.24) is 15.1 Å². The van der Waals surface area contributed by atoms with Gasteiger partial charge in [-0.1, -0.05) is 36.2 Å². The van der Waals surface area contributed by atoms with E-state index in [-0.39, 0.29) is 30.1 Å². The minimum Gasteiger partial charge on any atom is -0.353 e. The summed E-state index contributed by atoms with van der Waals surface area (Å²) in [6.45, 7) is 3.84. The van der Waals surface area contributed by atoms with Crippen LogP contribution in [0, 0.1) is 0 Å². The zero-order valence-electron chi connectivity index (χ0n) is 15.8. The standard InChI is InChI=1S/C20H24ClN3O3S/c1-14-6-4-5-10-23(14)13-18(25)22-9-11-24-19(26)17(28-20(24)27)12-15-7-2-3-8-16(15)21/h2-3,7-8,12,14H,4-6,9-11,13H2,1H3,(H,22,25)/b17-12-. The van der Waals surface area contributed by atoms with E-state index in [1.54, 1.807) is 24.3 Å². The zero-order chi connectivity index (χ0) is 20.1. The molecule has 0 bridgehead atoms. The molecule has 2 fully saturated rings. The third kappa shape index (κ3) is 5.16. The van der Waals surface area contributed by atoms with E-state index in [4.69, 9.17) is 11.6 Å². The van der Waals surface area contributed by atoms with Crippen LogP contribution in [0.3, 0.4) is 0 Å². The Morgan fingerprint density at radius 1 is 1.32 bits per heavy atom. The van der Waals surface area contributed by atoms with Gasteiger partial charge in [0.25, 0.3) is 11.1 Å². The first-order chi connectivity index (χ1) is 13.5. The van der Waals surface area contributed by atoms with Crippen LogP contribution in [0.25, 0.3) is 6.08 Å². The Hall–Kier alpha value is -1.83. The van der Waals surface area contributed by atoms with Gasteiger partial charge in [0, 0.05) is 24.2 Å². The van der Waals surface area contributed by atoms with Gasteiger partial charge in [-0.3, -0.25) is 24.2 Å². The van der Waals surface area contributed by atoms with Crippen LogP contribution in [0.4, 0.5) is 4.79 Å². The number of hydrogen-bond acceptors (Lipinski definition) is 5. The number of piperidine rings is 1. The lowest BCUT2D eigenvalue weighted by Crippen LogP contribution is -2.45. The molecule has 1 N–H and O–H groups in total. The first-order valence-electron chi connectivity index (χ1n) is 9.46. The number of benzene rings is 1. The Morgan fingerprint density at radius 3 is 2.86 bits per heavy atom. The van der Waals surface area contributed by atoms with Gasteiger partial charge in [0.1, 0.15) is 0 Å². The van der Waals surface area contributed by atoms with Gasteiger partial charge in [0.05, 0.1) is 11.4 Å². The summed E-state index contributed by atoms with van der Waals surface area (Å²) in [5, 5.41) is 3.01. The van der Waals surface area contributed by atoms with Crippen molar-refractivity contribution in [2.24, 2.45) is 0 Å². The van der Waals surface area contributed by atoms with Gasteiger partial charge < -0.3 is 5.32 Å². The molecule has 0 aromatic heterocycles. The summed E-state index contributed by atoms with van der Waals surface area (Å²) in [7, 11) is 0. The van der Waals surface area contributed by atoms with Crippen molar-refractivity contribution in [2.75, 3.05) is 26.2 Å². The second kappa shape index (κ2) is 9.58. The van der Waals surface area contributed by atoms with Gasteiger partial charge in [-0.15, -0.1) is 0 Å². The van der Waals surface area contributed by atoms with Crippen molar-refractivity contribution in [2.45, 2.75) is 32.2 Å². The largest absolute Gasteiger partial charge is 0.353 e. The van der Waals surface area contributed by atoms with Gasteiger partial charge in [-0.05, 0) is 55.8 Å². The summed E-state index contributed by atoms with van der Waals surface area (Å²) in [5.41, 5.74) is 0.693. The van der Waals surface area contributed by atoms with Gasteiger partial charge in [-0.2, -0.15) is 0 Å². The molecular weight excluding hydrogens is 398 g/mol. The Labute approximate surface area is 174 Å². The number of nitrogens with zero attached hydrogens (tertiary/aromatic N) is 2. The van der Waals surface area contributed by atoms with E-state index in [0.29, 0.717) is 28.1 Å². The highest BCUT2D eigenvalue weighted by molar-refractivity contribution is 8.18. The third-order valence-electron chi connectivity index (χ3n) is 5.01. The molecule has 2 aliphatic heterocycles. The van der Waals surface area contributed by atoms with Gasteiger partial charge in [0.15, 0.2) is 0 Å². The average Bonchev–Trinajstić information content (AvgIpc) is 2.93. The first-order valence-corrected chi connectivity index (χ1v) is 10.7. The van der Waals surface area contributed by atoms with E-state index in [2.05, 4.69) is 17.1 Å². The third-order valence-corrected chi connectivity index (χ3v) is 6.26. The molecule has 1 unspecified atom stereocenters. The summed E-state index contributed by atoms with van der Waals surface area (Å²) in [5.74, 6) is -0.429. The number of likely N-dealkylation sites (tertiary alicyclic amines) is 1. The predicted octanol–water partition coefficient (Wildman–Crippen LogP) is 3.37. The topological polar surface area (TPSA) is 69.7 Å². The van der Waals surface area contributed by atoms with Crippen LogP contribution in [0.15, 0.2) is 29.2 Å². The number of carbonyl (C=O) groups is 3. The van der Waals surface area contributed by atoms with Crippen molar-refractivity contribution in [3.05, 3.63) is 39.8 Å². The Morgan fingerprint density at radius 2 is 2.11 bits per heavy atom. The Kier molecular flexibility index (Phi) is 7.15. The van der Waals surface area contributed by atoms with E-state index < -0.39 is 0 Å². The minimum atomic E-state index is -0.353. The fourth-order valence-corrected chi connectivity index (χ4v) is 4.41. The maximum absolute atomic E-state index is 12.5. The number of imide groups is 1. The number of carbonyl (C=O) groups excluding carboxylic acids is 3. The molecule has 0 saturated carbocycles. The summed E-state index contributed by atoms with van der Waals surface area (Å²) in [4.78, 5) is 40.5. The molecule has 0 aliphatic carbocycles. The van der Waals surface area contributed by atoms with Gasteiger partial charge >= 0.3 is 0 Å². The summed E-state index contributed by atoms with van der Waals surface area (Å²) in [6, 6.07) is 7.56. The molecule has 2 aliphatic rings. The first kappa shape index (κ1) is 20.9. The molecule has 0 spiro atoms. The van der Waals surface area contributed by atoms with Crippen molar-refractivity contribution in [3.8, 4) is 0 Å². The predicted molar refractivity (Wildman–Crippen MR) is 112 cm³/mol. The summed E-state index contributed by atoms with van der Waals surface area (Å²) < 4.78 is 0. The van der Waals surface area contributed by atoms with Crippen molar-refractivity contribution < 1.29 is 14.4 Å². The molecule has 3 amide bonds. The maximum Gasteiger partial charge on any atom is 0.293 e. The number of nitrogens with one attached hydrogen (secondary N) is 1. The highest BCUT2D eigenvalue weighted by atomic mass is 35.5. The Bertz CT molecular complexity index is 799. The fourth-order valence-electron chi connectivity index (χ4n) is 3.37. The van der Waals surface area contributed by atoms with E-state index in [9.17, 15) is 14.4 Å². The molecule has 8 heteroatoms. The maximum atomic E-state index is 12.5. The lowest BCUT2D eigenvalue weighted by molar-refractivity contribution is -0.125. The molecule has 1 atom stereocenters. The minimum absolute atomic E-state index is 0.0765. The SMILES string of the molecule is CC1CCCCN1CC(=O)NCCN1C(=O)S/C(=C\c2ccccc2Cl)C1=O. The Balaban J connectivity index is 1.51. The van der Waals surface area contributed by atoms with Crippen molar-refractivity contribution in [1.29, 1.82) is 0 Å². The van der Waals surface area contributed by atoms with Gasteiger partial charge in [0.2, 0.25) is 5.91 Å². The molecule has 2 heterocycles. The number of thioether (sulfide) groups is 1. The van der Waals surface area contributed by atoms with Crippen molar-refractivity contribution >= 4 is 46.5 Å². The number of hydrogen-bond donors (Lipinski definition) is 1. The fraction of sp³-hybridized carbons (Fsp3) is 0.450. The molecule has 28 heavy (non-hydrogen) atoms. The van der Waals surface area contributed by atoms with E-state index in [1.807, 2.05) is 6.07 Å². The molecule has 1 aromatic carbocycles. The average molecular weight is 422 g/mol. The quantitative estimate of drug-likeness (QED) is 0.713. The van der Waals surface area contributed by atoms with Crippen LogP contribution >= 0.6 is 23.4 Å². The van der Waals surface area contributed by atoms with E-state index in [0.717, 1.165) is 36.0 Å². The molecule has 1 aromatic rings. The lowest BCUT2D eigenvalue weighted by Gasteiger charge is -2.32. The lowest BCUT2D eigenvalue weighted by atomic mass is 10.0. The van der Waals surface area contributed by atoms with Crippen LogP contribution in [0.2, 0.25) is 5.02 Å². The molecule has 0 radical (unpaired) electrons. The van der Waals surface area contributed by atoms with Crippen LogP contribution in [-0.2, 0) is 9.59 Å². The van der Waals surface area contributed by atoms with E-state index in [1.165, 1.54) is 6.42 Å². The number of amides is 3. The highest BCUT2D eigenvalue weighted by Gasteiger charge is 2.34. The molecule has 3 rings (SSSR count). The van der Waals surface area contributed by atoms with Crippen LogP contribution in [0.5, 0.6) is 0 Å². The second-order valence-corrected chi connectivity index (χ2v) is 8.42. The second-order valence-electron chi connectivity index (χ2n) is 7.02. The monoisotopic (exact) mass is 421 g/mol. The summed E-state index contributed by atoms with van der Waals surface area (Å²) in [6.07, 6.45) is 5.07. The normalized spacial score (nSPS) is 22.1. The smallest absolute Gasteiger partial charge is 0.293 e. The molecule has 6 nitrogen and oxygen atoms in total. The highest BCUT2D eigenvalue weighted by Crippen LogP contribution is 2.33. The number of halogens is 1. The summed E-state index contributed by atoms with van der Waals surface area (Å²) >= 11 is 7.01. The van der Waals surface area contributed by atoms with Crippen LogP contribution in [0.1, 0.15) is 31.7 Å². The van der Waals surface area contributed by atoms with Crippen molar-refractivity contribution in [3.63, 3.8) is 0 Å². The van der Waals surface area contributed by atoms with E-state index >= 15 is 0 Å². The molecule has 2 saturated heterocycles. The van der Waals surface area contributed by atoms with Gasteiger partial charge in [-0.25, -0.2) is 0 Å². The molecular formula is C20H24ClN3O3S. The number of rotatable bonds is 6. The molecule has 150 valence electrons.